The van der Waals surface area contributed by atoms with E-state index in [-0.39, 0.29) is 24.6 Å². The van der Waals surface area contributed by atoms with Crippen LogP contribution in [0.15, 0.2) is 42.5 Å². The smallest absolute Gasteiger partial charge is 0.269 e. The van der Waals surface area contributed by atoms with Crippen LogP contribution in [0.1, 0.15) is 11.1 Å². The van der Waals surface area contributed by atoms with Crippen LogP contribution in [-0.4, -0.2) is 11.5 Å². The summed E-state index contributed by atoms with van der Waals surface area (Å²) in [7, 11) is 0. The van der Waals surface area contributed by atoms with Crippen LogP contribution in [0.2, 0.25) is 0 Å². The topological polar surface area (TPSA) is 78.4 Å². The Kier molecular flexibility index (Phi) is 4.84. The molecule has 110 valence electrons. The summed E-state index contributed by atoms with van der Waals surface area (Å²) in [6, 6.07) is 10.8. The van der Waals surface area contributed by atoms with Crippen LogP contribution >= 0.6 is 0 Å². The zero-order chi connectivity index (χ0) is 15.2. The van der Waals surface area contributed by atoms with E-state index in [9.17, 15) is 14.5 Å². The van der Waals surface area contributed by atoms with Gasteiger partial charge in [-0.25, -0.2) is 4.39 Å². The Bertz CT molecular complexity index is 629. The molecule has 0 aliphatic rings. The number of ether oxygens (including phenoxy) is 1. The first-order valence-electron chi connectivity index (χ1n) is 6.45. The average Bonchev–Trinajstić information content (AvgIpc) is 2.49. The van der Waals surface area contributed by atoms with Crippen LogP contribution in [0.4, 0.5) is 10.1 Å². The van der Waals surface area contributed by atoms with Gasteiger partial charge in [-0.05, 0) is 23.3 Å². The molecule has 0 unspecified atom stereocenters. The summed E-state index contributed by atoms with van der Waals surface area (Å²) in [6.07, 6.45) is 0.538. The predicted octanol–water partition coefficient (Wildman–Crippen LogP) is 2.81. The SMILES string of the molecule is NCc1ccc(OCCc2ccc([N+](=O)[O-])cc2)c(F)c1. The van der Waals surface area contributed by atoms with Crippen LogP contribution in [-0.2, 0) is 13.0 Å². The maximum Gasteiger partial charge on any atom is 0.269 e. The van der Waals surface area contributed by atoms with E-state index in [0.717, 1.165) is 5.56 Å². The highest BCUT2D eigenvalue weighted by atomic mass is 19.1. The van der Waals surface area contributed by atoms with E-state index in [0.29, 0.717) is 12.0 Å². The van der Waals surface area contributed by atoms with E-state index >= 15 is 0 Å². The number of nitrogens with two attached hydrogens (primary N) is 1. The van der Waals surface area contributed by atoms with Gasteiger partial charge in [-0.2, -0.15) is 0 Å². The molecular weight excluding hydrogens is 275 g/mol. The molecule has 0 atom stereocenters. The van der Waals surface area contributed by atoms with Crippen molar-refractivity contribution in [3.63, 3.8) is 0 Å². The Hall–Kier alpha value is -2.47. The molecule has 0 fully saturated rings. The van der Waals surface area contributed by atoms with Gasteiger partial charge in [0.05, 0.1) is 11.5 Å². The third kappa shape index (κ3) is 4.00. The number of nitro benzene ring substituents is 1. The van der Waals surface area contributed by atoms with Gasteiger partial charge >= 0.3 is 0 Å². The molecular formula is C15H15FN2O3. The third-order valence-corrected chi connectivity index (χ3v) is 3.03. The fourth-order valence-electron chi connectivity index (χ4n) is 1.85. The number of nitrogens with zero attached hydrogens (tertiary/aromatic N) is 1. The van der Waals surface area contributed by atoms with Crippen molar-refractivity contribution in [1.82, 2.24) is 0 Å². The highest BCUT2D eigenvalue weighted by molar-refractivity contribution is 5.33. The third-order valence-electron chi connectivity index (χ3n) is 3.03. The molecule has 0 saturated carbocycles. The molecule has 2 rings (SSSR count). The summed E-state index contributed by atoms with van der Waals surface area (Å²) in [5.41, 5.74) is 7.06. The summed E-state index contributed by atoms with van der Waals surface area (Å²) >= 11 is 0. The Labute approximate surface area is 121 Å². The van der Waals surface area contributed by atoms with Crippen molar-refractivity contribution >= 4 is 5.69 Å². The van der Waals surface area contributed by atoms with Gasteiger partial charge in [0.15, 0.2) is 11.6 Å². The van der Waals surface area contributed by atoms with Gasteiger partial charge in [-0.1, -0.05) is 18.2 Å². The molecule has 0 saturated heterocycles. The number of halogens is 1. The summed E-state index contributed by atoms with van der Waals surface area (Å²) in [4.78, 5) is 10.1. The van der Waals surface area contributed by atoms with Crippen LogP contribution in [0.25, 0.3) is 0 Å². The van der Waals surface area contributed by atoms with Crippen LogP contribution in [0, 0.1) is 15.9 Å². The first-order chi connectivity index (χ1) is 10.1. The zero-order valence-corrected chi connectivity index (χ0v) is 11.3. The molecule has 0 aliphatic carbocycles. The monoisotopic (exact) mass is 290 g/mol. The molecule has 2 N–H and O–H groups in total. The Morgan fingerprint density at radius 2 is 1.81 bits per heavy atom. The van der Waals surface area contributed by atoms with Crippen LogP contribution in [0.3, 0.4) is 0 Å². The van der Waals surface area contributed by atoms with Gasteiger partial charge in [0.1, 0.15) is 0 Å². The summed E-state index contributed by atoms with van der Waals surface area (Å²) in [5.74, 6) is -0.268. The summed E-state index contributed by atoms with van der Waals surface area (Å²) in [5, 5.41) is 10.5. The number of hydrogen-bond donors (Lipinski definition) is 1. The normalized spacial score (nSPS) is 10.4. The standard InChI is InChI=1S/C15H15FN2O3/c16-14-9-12(10-17)3-6-15(14)21-8-7-11-1-4-13(5-2-11)18(19)20/h1-6,9H,7-8,10,17H2. The maximum absolute atomic E-state index is 13.6. The highest BCUT2D eigenvalue weighted by Crippen LogP contribution is 2.19. The molecule has 0 amide bonds. The number of benzene rings is 2. The molecule has 6 heteroatoms. The van der Waals surface area contributed by atoms with E-state index in [4.69, 9.17) is 10.5 Å². The lowest BCUT2D eigenvalue weighted by atomic mass is 10.1. The average molecular weight is 290 g/mol. The fourth-order valence-corrected chi connectivity index (χ4v) is 1.85. The summed E-state index contributed by atoms with van der Waals surface area (Å²) in [6.45, 7) is 0.566. The van der Waals surface area contributed by atoms with Gasteiger partial charge in [0.2, 0.25) is 0 Å². The molecule has 0 aliphatic heterocycles. The number of hydrogen-bond acceptors (Lipinski definition) is 4. The van der Waals surface area contributed by atoms with Crippen molar-refractivity contribution in [3.8, 4) is 5.75 Å². The van der Waals surface area contributed by atoms with Crippen molar-refractivity contribution < 1.29 is 14.1 Å². The van der Waals surface area contributed by atoms with E-state index in [1.54, 1.807) is 24.3 Å². The molecule has 0 spiro atoms. The van der Waals surface area contributed by atoms with Gasteiger partial charge < -0.3 is 10.5 Å². The van der Waals surface area contributed by atoms with E-state index in [2.05, 4.69) is 0 Å². The predicted molar refractivity (Wildman–Crippen MR) is 76.6 cm³/mol. The van der Waals surface area contributed by atoms with Gasteiger partial charge in [0.25, 0.3) is 5.69 Å². The molecule has 0 heterocycles. The second-order valence-corrected chi connectivity index (χ2v) is 4.49. The lowest BCUT2D eigenvalue weighted by molar-refractivity contribution is -0.384. The minimum absolute atomic E-state index is 0.0445. The first kappa shape index (κ1) is 14.9. The lowest BCUT2D eigenvalue weighted by Gasteiger charge is -2.08. The Morgan fingerprint density at radius 3 is 2.38 bits per heavy atom. The largest absolute Gasteiger partial charge is 0.490 e. The number of non-ortho nitro benzene ring substituents is 1. The van der Waals surface area contributed by atoms with E-state index in [1.807, 2.05) is 0 Å². The van der Waals surface area contributed by atoms with Gasteiger partial charge in [-0.3, -0.25) is 10.1 Å². The van der Waals surface area contributed by atoms with Crippen LogP contribution in [0.5, 0.6) is 5.75 Å². The van der Waals surface area contributed by atoms with Crippen molar-refractivity contribution in [2.45, 2.75) is 13.0 Å². The minimum Gasteiger partial charge on any atom is -0.490 e. The molecule has 0 radical (unpaired) electrons. The molecule has 2 aromatic carbocycles. The quantitative estimate of drug-likeness (QED) is 0.655. The molecule has 0 bridgehead atoms. The number of rotatable bonds is 6. The lowest BCUT2D eigenvalue weighted by Crippen LogP contribution is -2.04. The van der Waals surface area contributed by atoms with Gasteiger partial charge in [0, 0.05) is 25.1 Å². The zero-order valence-electron chi connectivity index (χ0n) is 11.3. The molecule has 21 heavy (non-hydrogen) atoms. The first-order valence-corrected chi connectivity index (χ1v) is 6.45. The van der Waals surface area contributed by atoms with Crippen molar-refractivity contribution in [1.29, 1.82) is 0 Å². The molecule has 0 aromatic heterocycles. The molecule has 5 nitrogen and oxygen atoms in total. The van der Waals surface area contributed by atoms with Crippen LogP contribution < -0.4 is 10.5 Å². The summed E-state index contributed by atoms with van der Waals surface area (Å²) < 4.78 is 19.0. The van der Waals surface area contributed by atoms with E-state index in [1.165, 1.54) is 18.2 Å². The second kappa shape index (κ2) is 6.81. The van der Waals surface area contributed by atoms with Crippen molar-refractivity contribution in [2.75, 3.05) is 6.61 Å². The molecule has 2 aromatic rings. The van der Waals surface area contributed by atoms with Crippen molar-refractivity contribution in [3.05, 3.63) is 69.5 Å². The maximum atomic E-state index is 13.6. The van der Waals surface area contributed by atoms with Gasteiger partial charge in [-0.15, -0.1) is 0 Å². The second-order valence-electron chi connectivity index (χ2n) is 4.49. The van der Waals surface area contributed by atoms with E-state index < -0.39 is 10.7 Å². The Morgan fingerprint density at radius 1 is 1.14 bits per heavy atom. The fraction of sp³-hybridized carbons (Fsp3) is 0.200. The number of nitro groups is 1. The Balaban J connectivity index is 1.90. The van der Waals surface area contributed by atoms with Crippen molar-refractivity contribution in [2.24, 2.45) is 5.73 Å². The highest BCUT2D eigenvalue weighted by Gasteiger charge is 2.06. The minimum atomic E-state index is -0.450.